The second-order valence-corrected chi connectivity index (χ2v) is 11.1. The third-order valence-electron chi connectivity index (χ3n) is 7.41. The molecule has 0 saturated carbocycles. The topological polar surface area (TPSA) is 59.5 Å². The van der Waals surface area contributed by atoms with Crippen molar-refractivity contribution >= 4 is 65.4 Å². The van der Waals surface area contributed by atoms with Crippen LogP contribution in [0.1, 0.15) is 13.8 Å². The zero-order valence-electron chi connectivity index (χ0n) is 23.4. The van der Waals surface area contributed by atoms with Gasteiger partial charge in [-0.3, -0.25) is 20.6 Å². The molecule has 213 valence electrons. The molecule has 8 rings (SSSR count). The molecule has 0 spiro atoms. The minimum atomic E-state index is -0.125. The van der Waals surface area contributed by atoms with Crippen molar-refractivity contribution in [1.29, 1.82) is 0 Å². The van der Waals surface area contributed by atoms with Crippen LogP contribution in [0.5, 0.6) is 0 Å². The Kier molecular flexibility index (Phi) is 7.72. The van der Waals surface area contributed by atoms with Crippen molar-refractivity contribution in [2.24, 2.45) is 0 Å². The number of rotatable bonds is 3. The van der Waals surface area contributed by atoms with Gasteiger partial charge in [0, 0.05) is 48.8 Å². The van der Waals surface area contributed by atoms with E-state index in [0.29, 0.717) is 0 Å². The standard InChI is InChI=1S/C31H18N3S.C5H8O2.Ir/c1-3-10-27-23(8-1)24-9-2-4-11-28(24)33(27)22-7-5-6-20(18-22)21-12-13-25-26(19-21)31-30(15-17-35-31)34-29(25)14-16-32-34;1-4(6)3-5(2)7;/h1-14,16-19H;3,6H,1-2H3;/q-1;;/b;4-3-;. The van der Waals surface area contributed by atoms with Gasteiger partial charge in [-0.2, -0.15) is 5.10 Å². The molecule has 1 N–H and O–H groups in total. The van der Waals surface area contributed by atoms with Gasteiger partial charge in [-0.1, -0.05) is 82.3 Å². The number of benzene rings is 4. The summed E-state index contributed by atoms with van der Waals surface area (Å²) < 4.78 is 5.59. The van der Waals surface area contributed by atoms with E-state index in [-0.39, 0.29) is 31.6 Å². The minimum Gasteiger partial charge on any atom is -0.512 e. The minimum absolute atomic E-state index is 0. The van der Waals surface area contributed by atoms with Crippen LogP contribution in [0, 0.1) is 6.07 Å². The number of carbonyl (C=O) groups excluding carboxylic acids is 1. The van der Waals surface area contributed by atoms with Gasteiger partial charge >= 0.3 is 0 Å². The number of aromatic nitrogens is 3. The molecule has 8 aromatic rings. The summed E-state index contributed by atoms with van der Waals surface area (Å²) >= 11 is 1.72. The molecule has 1 radical (unpaired) electrons. The largest absolute Gasteiger partial charge is 0.512 e. The van der Waals surface area contributed by atoms with Crippen LogP contribution in [0.25, 0.3) is 65.1 Å². The van der Waals surface area contributed by atoms with Gasteiger partial charge in [0.15, 0.2) is 5.78 Å². The number of hydrogen-bond donors (Lipinski definition) is 1. The van der Waals surface area contributed by atoms with E-state index in [1.54, 1.807) is 11.3 Å². The summed E-state index contributed by atoms with van der Waals surface area (Å²) in [5, 5.41) is 19.9. The third kappa shape index (κ3) is 5.06. The number of aliphatic hydroxyl groups is 1. The van der Waals surface area contributed by atoms with Gasteiger partial charge in [0.2, 0.25) is 0 Å². The van der Waals surface area contributed by atoms with Crippen molar-refractivity contribution in [3.05, 3.63) is 127 Å². The zero-order valence-corrected chi connectivity index (χ0v) is 26.6. The van der Waals surface area contributed by atoms with E-state index in [0.717, 1.165) is 11.0 Å². The molecule has 43 heavy (non-hydrogen) atoms. The van der Waals surface area contributed by atoms with Crippen LogP contribution in [-0.4, -0.2) is 25.1 Å². The molecule has 0 bridgehead atoms. The summed E-state index contributed by atoms with van der Waals surface area (Å²) in [6, 6.07) is 38.4. The fourth-order valence-electron chi connectivity index (χ4n) is 5.75. The Morgan fingerprint density at radius 3 is 2.14 bits per heavy atom. The van der Waals surface area contributed by atoms with Crippen LogP contribution in [0.3, 0.4) is 0 Å². The van der Waals surface area contributed by atoms with Gasteiger partial charge in [-0.05, 0) is 60.7 Å². The molecular weight excluding hydrogens is 731 g/mol. The first-order valence-electron chi connectivity index (χ1n) is 13.6. The Balaban J connectivity index is 0.000000371. The van der Waals surface area contributed by atoms with Gasteiger partial charge in [0.05, 0.1) is 22.3 Å². The molecule has 0 unspecified atom stereocenters. The third-order valence-corrected chi connectivity index (χ3v) is 8.30. The van der Waals surface area contributed by atoms with Gasteiger partial charge in [0.25, 0.3) is 0 Å². The Hall–Kier alpha value is -4.55. The van der Waals surface area contributed by atoms with Crippen LogP contribution in [-0.2, 0) is 24.9 Å². The summed E-state index contributed by atoms with van der Waals surface area (Å²) in [4.78, 5) is 10.0. The quantitative estimate of drug-likeness (QED) is 0.111. The van der Waals surface area contributed by atoms with Gasteiger partial charge in [-0.15, -0.1) is 5.38 Å². The Morgan fingerprint density at radius 1 is 0.791 bits per heavy atom. The number of aliphatic hydroxyl groups excluding tert-OH is 1. The number of nitrogens with zero attached hydrogens (tertiary/aromatic N) is 3. The molecule has 5 nitrogen and oxygen atoms in total. The smallest absolute Gasteiger partial charge is 0.155 e. The second-order valence-electron chi connectivity index (χ2n) is 10.3. The van der Waals surface area contributed by atoms with Crippen molar-refractivity contribution in [3.63, 3.8) is 0 Å². The number of fused-ring (bicyclic) bond motifs is 9. The molecule has 0 saturated heterocycles. The number of pyridine rings is 1. The second kappa shape index (κ2) is 11.6. The summed E-state index contributed by atoms with van der Waals surface area (Å²) in [6.07, 6.45) is 3.03. The normalized spacial score (nSPS) is 11.6. The van der Waals surface area contributed by atoms with Crippen molar-refractivity contribution in [2.45, 2.75) is 13.8 Å². The first-order chi connectivity index (χ1) is 20.5. The first kappa shape index (κ1) is 28.6. The van der Waals surface area contributed by atoms with Gasteiger partial charge < -0.3 is 9.67 Å². The molecule has 4 heterocycles. The van der Waals surface area contributed by atoms with E-state index >= 15 is 0 Å². The molecule has 0 aliphatic carbocycles. The predicted octanol–water partition coefficient (Wildman–Crippen LogP) is 9.30. The van der Waals surface area contributed by atoms with Gasteiger partial charge in [0.1, 0.15) is 0 Å². The average molecular weight is 757 g/mol. The van der Waals surface area contributed by atoms with Crippen LogP contribution in [0.15, 0.2) is 120 Å². The van der Waals surface area contributed by atoms with Crippen molar-refractivity contribution in [2.75, 3.05) is 0 Å². The number of carbonyl (C=O) groups is 1. The Labute approximate surface area is 265 Å². The van der Waals surface area contributed by atoms with E-state index < -0.39 is 0 Å². The molecule has 4 aromatic carbocycles. The van der Waals surface area contributed by atoms with E-state index in [2.05, 4.69) is 113 Å². The zero-order chi connectivity index (χ0) is 28.8. The van der Waals surface area contributed by atoms with E-state index in [9.17, 15) is 4.79 Å². The molecule has 0 aliphatic heterocycles. The van der Waals surface area contributed by atoms with E-state index in [1.165, 1.54) is 74.0 Å². The maximum absolute atomic E-state index is 10.0. The van der Waals surface area contributed by atoms with E-state index in [1.807, 2.05) is 16.1 Å². The fourth-order valence-corrected chi connectivity index (χ4v) is 6.60. The number of para-hydroxylation sites is 2. The number of hydrogen-bond acceptors (Lipinski definition) is 4. The molecule has 0 aliphatic rings. The maximum Gasteiger partial charge on any atom is 0.155 e. The van der Waals surface area contributed by atoms with Crippen LogP contribution < -0.4 is 0 Å². The molecule has 0 amide bonds. The average Bonchev–Trinajstić information content (AvgIpc) is 3.74. The molecule has 0 atom stereocenters. The van der Waals surface area contributed by atoms with Crippen LogP contribution in [0.4, 0.5) is 0 Å². The van der Waals surface area contributed by atoms with Crippen molar-refractivity contribution < 1.29 is 30.0 Å². The number of ketones is 1. The van der Waals surface area contributed by atoms with Crippen molar-refractivity contribution in [1.82, 2.24) is 14.2 Å². The number of thiophene rings is 1. The van der Waals surface area contributed by atoms with Crippen LogP contribution >= 0.6 is 11.3 Å². The number of allylic oxidation sites excluding steroid dienone is 2. The Bertz CT molecular complexity index is 2270. The molecular formula is C36H26IrN3O2S-. The Morgan fingerprint density at radius 2 is 1.47 bits per heavy atom. The van der Waals surface area contributed by atoms with Crippen LogP contribution in [0.2, 0.25) is 0 Å². The predicted molar refractivity (Wildman–Crippen MR) is 174 cm³/mol. The summed E-state index contributed by atoms with van der Waals surface area (Å²) in [5.41, 5.74) is 8.19. The van der Waals surface area contributed by atoms with Crippen molar-refractivity contribution in [3.8, 4) is 16.8 Å². The summed E-state index contributed by atoms with van der Waals surface area (Å²) in [5.74, 6) is -0.0625. The van der Waals surface area contributed by atoms with Gasteiger partial charge in [-0.25, -0.2) is 6.07 Å². The maximum atomic E-state index is 10.0. The first-order valence-corrected chi connectivity index (χ1v) is 14.5. The van der Waals surface area contributed by atoms with E-state index in [4.69, 9.17) is 5.11 Å². The molecule has 0 fully saturated rings. The SMILES string of the molecule is CC(=O)/C=C(/C)O.[Ir].[c-]1csc2c3cc(-c4cccc(-n5c6ccccc6c6ccccc65)c4)ccc3c3ccnn3c12. The monoisotopic (exact) mass is 757 g/mol. The summed E-state index contributed by atoms with van der Waals surface area (Å²) in [6.45, 7) is 2.85. The molecule has 7 heteroatoms. The fraction of sp³-hybridized carbons (Fsp3) is 0.0556. The summed E-state index contributed by atoms with van der Waals surface area (Å²) in [7, 11) is 0. The molecule has 4 aromatic heterocycles.